The summed E-state index contributed by atoms with van der Waals surface area (Å²) >= 11 is 0. The van der Waals surface area contributed by atoms with Crippen molar-refractivity contribution in [1.29, 1.82) is 0 Å². The number of hydrogen-bond acceptors (Lipinski definition) is 4. The zero-order valence-corrected chi connectivity index (χ0v) is 11.1. The molecule has 0 amide bonds. The van der Waals surface area contributed by atoms with Gasteiger partial charge in [-0.1, -0.05) is 0 Å². The van der Waals surface area contributed by atoms with Gasteiger partial charge < -0.3 is 20.5 Å². The van der Waals surface area contributed by atoms with Crippen LogP contribution in [-0.2, 0) is 4.74 Å². The Morgan fingerprint density at radius 1 is 1.39 bits per heavy atom. The Bertz CT molecular complexity index is 387. The van der Waals surface area contributed by atoms with Crippen molar-refractivity contribution in [2.24, 2.45) is 0 Å². The molecule has 1 aliphatic rings. The first-order valence-corrected chi connectivity index (χ1v) is 6.55. The van der Waals surface area contributed by atoms with Gasteiger partial charge in [-0.3, -0.25) is 0 Å². The van der Waals surface area contributed by atoms with Crippen LogP contribution in [0.5, 0.6) is 5.75 Å². The van der Waals surface area contributed by atoms with E-state index in [1.807, 2.05) is 32.0 Å². The van der Waals surface area contributed by atoms with Gasteiger partial charge in [0, 0.05) is 36.2 Å². The molecule has 18 heavy (non-hydrogen) atoms. The van der Waals surface area contributed by atoms with Crippen LogP contribution in [0.2, 0.25) is 0 Å². The molecule has 0 radical (unpaired) electrons. The highest BCUT2D eigenvalue weighted by atomic mass is 16.5. The Morgan fingerprint density at radius 2 is 2.22 bits per heavy atom. The van der Waals surface area contributed by atoms with Gasteiger partial charge in [0.1, 0.15) is 5.75 Å². The molecule has 1 atom stereocenters. The fourth-order valence-corrected chi connectivity index (χ4v) is 2.14. The predicted molar refractivity (Wildman–Crippen MR) is 74.1 cm³/mol. The largest absolute Gasteiger partial charge is 0.491 e. The minimum absolute atomic E-state index is 0.151. The second-order valence-electron chi connectivity index (χ2n) is 5.02. The van der Waals surface area contributed by atoms with Gasteiger partial charge >= 0.3 is 0 Å². The van der Waals surface area contributed by atoms with Crippen molar-refractivity contribution in [2.75, 3.05) is 24.3 Å². The Morgan fingerprint density at radius 3 is 2.89 bits per heavy atom. The SMILES string of the molecule is CC(C)Oc1cc(N)cc(NC2CCCOC2)c1. The highest BCUT2D eigenvalue weighted by molar-refractivity contribution is 5.59. The van der Waals surface area contributed by atoms with Crippen LogP contribution in [0, 0.1) is 0 Å². The van der Waals surface area contributed by atoms with Crippen LogP contribution in [0.15, 0.2) is 18.2 Å². The molecule has 1 unspecified atom stereocenters. The summed E-state index contributed by atoms with van der Waals surface area (Å²) in [7, 11) is 0. The smallest absolute Gasteiger partial charge is 0.123 e. The van der Waals surface area contributed by atoms with Crippen molar-refractivity contribution in [2.45, 2.75) is 38.8 Å². The fourth-order valence-electron chi connectivity index (χ4n) is 2.14. The van der Waals surface area contributed by atoms with Crippen LogP contribution in [0.3, 0.4) is 0 Å². The fraction of sp³-hybridized carbons (Fsp3) is 0.571. The van der Waals surface area contributed by atoms with Crippen LogP contribution in [-0.4, -0.2) is 25.4 Å². The van der Waals surface area contributed by atoms with E-state index in [9.17, 15) is 0 Å². The quantitative estimate of drug-likeness (QED) is 0.807. The average molecular weight is 250 g/mol. The maximum atomic E-state index is 5.89. The zero-order valence-electron chi connectivity index (χ0n) is 11.1. The summed E-state index contributed by atoms with van der Waals surface area (Å²) in [6.45, 7) is 5.64. The van der Waals surface area contributed by atoms with Crippen molar-refractivity contribution in [3.8, 4) is 5.75 Å². The lowest BCUT2D eigenvalue weighted by Gasteiger charge is -2.24. The minimum Gasteiger partial charge on any atom is -0.491 e. The summed E-state index contributed by atoms with van der Waals surface area (Å²) < 4.78 is 11.1. The number of nitrogen functional groups attached to an aromatic ring is 1. The third kappa shape index (κ3) is 3.81. The van der Waals surface area contributed by atoms with E-state index >= 15 is 0 Å². The zero-order chi connectivity index (χ0) is 13.0. The first-order chi connectivity index (χ1) is 8.63. The first-order valence-electron chi connectivity index (χ1n) is 6.55. The van der Waals surface area contributed by atoms with Crippen LogP contribution < -0.4 is 15.8 Å². The van der Waals surface area contributed by atoms with E-state index < -0.39 is 0 Å². The third-order valence-corrected chi connectivity index (χ3v) is 2.83. The Hall–Kier alpha value is -1.42. The summed E-state index contributed by atoms with van der Waals surface area (Å²) in [5.41, 5.74) is 7.61. The Kier molecular flexibility index (Phi) is 4.31. The number of hydrogen-bond donors (Lipinski definition) is 2. The van der Waals surface area contributed by atoms with E-state index in [0.717, 1.165) is 37.5 Å². The lowest BCUT2D eigenvalue weighted by atomic mass is 10.1. The van der Waals surface area contributed by atoms with Gasteiger partial charge in [0.15, 0.2) is 0 Å². The molecule has 3 N–H and O–H groups in total. The van der Waals surface area contributed by atoms with Crippen molar-refractivity contribution in [3.05, 3.63) is 18.2 Å². The summed E-state index contributed by atoms with van der Waals surface area (Å²) in [5.74, 6) is 0.809. The second kappa shape index (κ2) is 5.96. The molecule has 0 aliphatic carbocycles. The van der Waals surface area contributed by atoms with Gasteiger partial charge in [-0.2, -0.15) is 0 Å². The van der Waals surface area contributed by atoms with Crippen molar-refractivity contribution >= 4 is 11.4 Å². The monoisotopic (exact) mass is 250 g/mol. The summed E-state index contributed by atoms with van der Waals surface area (Å²) in [5, 5.41) is 3.45. The molecule has 1 fully saturated rings. The van der Waals surface area contributed by atoms with Gasteiger partial charge in [-0.15, -0.1) is 0 Å². The predicted octanol–water partition coefficient (Wildman–Crippen LogP) is 2.65. The number of benzene rings is 1. The van der Waals surface area contributed by atoms with Gasteiger partial charge in [-0.05, 0) is 32.8 Å². The lowest BCUT2D eigenvalue weighted by molar-refractivity contribution is 0.0876. The van der Waals surface area contributed by atoms with E-state index in [4.69, 9.17) is 15.2 Å². The minimum atomic E-state index is 0.151. The highest BCUT2D eigenvalue weighted by Gasteiger charge is 2.14. The average Bonchev–Trinajstić information content (AvgIpc) is 2.28. The summed E-state index contributed by atoms with van der Waals surface area (Å²) in [6.07, 6.45) is 2.39. The summed E-state index contributed by atoms with van der Waals surface area (Å²) in [4.78, 5) is 0. The highest BCUT2D eigenvalue weighted by Crippen LogP contribution is 2.25. The van der Waals surface area contributed by atoms with Gasteiger partial charge in [0.25, 0.3) is 0 Å². The van der Waals surface area contributed by atoms with Crippen molar-refractivity contribution < 1.29 is 9.47 Å². The molecule has 1 heterocycles. The lowest BCUT2D eigenvalue weighted by Crippen LogP contribution is -2.29. The van der Waals surface area contributed by atoms with Gasteiger partial charge in [-0.25, -0.2) is 0 Å². The van der Waals surface area contributed by atoms with Crippen LogP contribution in [0.25, 0.3) is 0 Å². The van der Waals surface area contributed by atoms with E-state index in [-0.39, 0.29) is 6.10 Å². The van der Waals surface area contributed by atoms with E-state index in [1.165, 1.54) is 0 Å². The molecular formula is C14H22N2O2. The Labute approximate surface area is 108 Å². The molecule has 0 saturated carbocycles. The van der Waals surface area contributed by atoms with Crippen LogP contribution in [0.4, 0.5) is 11.4 Å². The maximum Gasteiger partial charge on any atom is 0.123 e. The Balaban J connectivity index is 2.04. The molecule has 4 nitrogen and oxygen atoms in total. The molecule has 0 bridgehead atoms. The van der Waals surface area contributed by atoms with E-state index in [0.29, 0.717) is 11.7 Å². The van der Waals surface area contributed by atoms with Gasteiger partial charge in [0.05, 0.1) is 12.7 Å². The molecule has 1 aromatic rings. The molecule has 100 valence electrons. The van der Waals surface area contributed by atoms with Crippen LogP contribution >= 0.6 is 0 Å². The van der Waals surface area contributed by atoms with Crippen molar-refractivity contribution in [1.82, 2.24) is 0 Å². The van der Waals surface area contributed by atoms with Crippen LogP contribution in [0.1, 0.15) is 26.7 Å². The van der Waals surface area contributed by atoms with E-state index in [2.05, 4.69) is 5.32 Å². The number of rotatable bonds is 4. The number of nitrogens with one attached hydrogen (secondary N) is 1. The van der Waals surface area contributed by atoms with Crippen molar-refractivity contribution in [3.63, 3.8) is 0 Å². The molecule has 1 aromatic carbocycles. The molecule has 4 heteroatoms. The third-order valence-electron chi connectivity index (χ3n) is 2.83. The van der Waals surface area contributed by atoms with Gasteiger partial charge in [0.2, 0.25) is 0 Å². The molecule has 0 aromatic heterocycles. The number of anilines is 2. The molecule has 0 spiro atoms. The summed E-state index contributed by atoms with van der Waals surface area (Å²) in [6, 6.07) is 6.14. The molecular weight excluding hydrogens is 228 g/mol. The molecule has 1 aliphatic heterocycles. The normalized spacial score (nSPS) is 19.8. The maximum absolute atomic E-state index is 5.89. The topological polar surface area (TPSA) is 56.5 Å². The second-order valence-corrected chi connectivity index (χ2v) is 5.02. The number of ether oxygens (including phenoxy) is 2. The number of nitrogens with two attached hydrogens (primary N) is 1. The standard InChI is InChI=1S/C14H22N2O2/c1-10(2)18-14-7-11(15)6-13(8-14)16-12-4-3-5-17-9-12/h6-8,10,12,16H,3-5,9,15H2,1-2H3. The molecule has 1 saturated heterocycles. The molecule has 2 rings (SSSR count). The van der Waals surface area contributed by atoms with E-state index in [1.54, 1.807) is 0 Å². The first kappa shape index (κ1) is 13.0.